The highest BCUT2D eigenvalue weighted by Gasteiger charge is 2.20. The minimum atomic E-state index is -0.272. The van der Waals surface area contributed by atoms with Crippen molar-refractivity contribution in [3.63, 3.8) is 0 Å². The summed E-state index contributed by atoms with van der Waals surface area (Å²) >= 11 is 0. The van der Waals surface area contributed by atoms with Crippen LogP contribution in [-0.4, -0.2) is 17.9 Å². The van der Waals surface area contributed by atoms with E-state index in [1.54, 1.807) is 0 Å². The van der Waals surface area contributed by atoms with E-state index in [0.717, 1.165) is 18.4 Å². The molecule has 0 saturated carbocycles. The minimum absolute atomic E-state index is 0.0417. The first kappa shape index (κ1) is 24.9. The van der Waals surface area contributed by atoms with E-state index in [-0.39, 0.29) is 35.6 Å². The first-order valence-electron chi connectivity index (χ1n) is 10.8. The molecule has 0 N–H and O–H groups in total. The molecule has 0 aromatic carbocycles. The summed E-state index contributed by atoms with van der Waals surface area (Å²) in [5.74, 6) is 0.634. The van der Waals surface area contributed by atoms with Crippen molar-refractivity contribution < 1.29 is 14.3 Å². The van der Waals surface area contributed by atoms with Crippen molar-refractivity contribution in [3.05, 3.63) is 59.8 Å². The van der Waals surface area contributed by atoms with Gasteiger partial charge in [0.2, 0.25) is 0 Å². The van der Waals surface area contributed by atoms with E-state index in [2.05, 4.69) is 38.2 Å². The lowest BCUT2D eigenvalue weighted by Crippen LogP contribution is -2.25. The summed E-state index contributed by atoms with van der Waals surface area (Å²) in [7, 11) is 0. The Morgan fingerprint density at radius 2 is 1.86 bits per heavy atom. The van der Waals surface area contributed by atoms with Crippen LogP contribution in [0.2, 0.25) is 0 Å². The van der Waals surface area contributed by atoms with Gasteiger partial charge in [-0.15, -0.1) is 0 Å². The Balaban J connectivity index is 2.64. The molecule has 0 aromatic heterocycles. The summed E-state index contributed by atoms with van der Waals surface area (Å²) in [6.45, 7) is 14.3. The molecule has 1 rings (SSSR count). The quantitative estimate of drug-likeness (QED) is 0.316. The zero-order valence-electron chi connectivity index (χ0n) is 19.1. The molecule has 0 fully saturated rings. The van der Waals surface area contributed by atoms with Crippen LogP contribution in [0, 0.1) is 23.7 Å². The third-order valence-corrected chi connectivity index (χ3v) is 5.13. The van der Waals surface area contributed by atoms with Crippen LogP contribution in [0.15, 0.2) is 59.8 Å². The second-order valence-corrected chi connectivity index (χ2v) is 8.45. The van der Waals surface area contributed by atoms with Crippen LogP contribution in [0.25, 0.3) is 0 Å². The van der Waals surface area contributed by atoms with Crippen molar-refractivity contribution in [1.29, 1.82) is 0 Å². The Hall–Kier alpha value is -2.16. The second-order valence-electron chi connectivity index (χ2n) is 8.45. The summed E-state index contributed by atoms with van der Waals surface area (Å²) in [4.78, 5) is 23.4. The molecule has 0 aliphatic carbocycles. The summed E-state index contributed by atoms with van der Waals surface area (Å²) in [5.41, 5.74) is 2.37. The number of allylic oxidation sites excluding steroid dienone is 7. The molecule has 0 aromatic rings. The first-order valence-corrected chi connectivity index (χ1v) is 10.8. The third-order valence-electron chi connectivity index (χ3n) is 5.13. The van der Waals surface area contributed by atoms with E-state index >= 15 is 0 Å². The predicted octanol–water partition coefficient (Wildman–Crippen LogP) is 6.39. The largest absolute Gasteiger partial charge is 0.454 e. The molecule has 1 aliphatic rings. The van der Waals surface area contributed by atoms with Crippen molar-refractivity contribution in [1.82, 2.24) is 0 Å². The first-order chi connectivity index (χ1) is 13.6. The standard InChI is InChI=1S/C26H38O3/c1-8-23(13-14-24-21(6)12-15-25(27)29-24)17-20(5)11-9-10-19(4)16-22(7)26(28)18(2)3/h9-10,12-18,20-22,24H,8,11H2,1-7H3/t20-,21+,22-,24+/m1/s1. The number of carbonyl (C=O) groups excluding carboxylic acids is 2. The maximum absolute atomic E-state index is 12.0. The molecule has 0 bridgehead atoms. The highest BCUT2D eigenvalue weighted by molar-refractivity contribution is 5.84. The number of ether oxygens (including phenoxy) is 1. The molecule has 0 spiro atoms. The fraction of sp³-hybridized carbons (Fsp3) is 0.538. The molecule has 0 amide bonds. The van der Waals surface area contributed by atoms with Crippen molar-refractivity contribution in [2.45, 2.75) is 67.4 Å². The summed E-state index contributed by atoms with van der Waals surface area (Å²) in [5, 5.41) is 0. The molecule has 3 heteroatoms. The van der Waals surface area contributed by atoms with Gasteiger partial charge in [-0.2, -0.15) is 0 Å². The van der Waals surface area contributed by atoms with Gasteiger partial charge in [-0.05, 0) is 31.8 Å². The second kappa shape index (κ2) is 12.4. The maximum Gasteiger partial charge on any atom is 0.331 e. The van der Waals surface area contributed by atoms with Crippen LogP contribution >= 0.6 is 0 Å². The van der Waals surface area contributed by atoms with Gasteiger partial charge < -0.3 is 4.74 Å². The SMILES string of the molecule is CCC(C=C[C@@H]1OC(=O)C=C[C@@H]1C)=C[C@H](C)CC=CC(C)=C[C@@H](C)C(=O)C(C)C. The lowest BCUT2D eigenvalue weighted by molar-refractivity contribution is -0.143. The number of rotatable bonds is 10. The highest BCUT2D eigenvalue weighted by atomic mass is 16.5. The van der Waals surface area contributed by atoms with Gasteiger partial charge in [-0.1, -0.05) is 89.1 Å². The van der Waals surface area contributed by atoms with E-state index in [1.165, 1.54) is 11.6 Å². The van der Waals surface area contributed by atoms with Gasteiger partial charge in [-0.25, -0.2) is 4.79 Å². The molecule has 0 radical (unpaired) electrons. The molecular weight excluding hydrogens is 360 g/mol. The predicted molar refractivity (Wildman–Crippen MR) is 121 cm³/mol. The number of Topliss-reactive ketones (excluding diaryl/α,β-unsaturated/α-hetero) is 1. The fourth-order valence-corrected chi connectivity index (χ4v) is 3.30. The normalized spacial score (nSPS) is 23.1. The molecule has 3 nitrogen and oxygen atoms in total. The van der Waals surface area contributed by atoms with Crippen molar-refractivity contribution in [3.8, 4) is 0 Å². The lowest BCUT2D eigenvalue weighted by atomic mass is 9.95. The number of hydrogen-bond donors (Lipinski definition) is 0. The fourth-order valence-electron chi connectivity index (χ4n) is 3.30. The molecule has 1 aliphatic heterocycles. The number of carbonyl (C=O) groups is 2. The van der Waals surface area contributed by atoms with Crippen molar-refractivity contribution in [2.24, 2.45) is 23.7 Å². The molecule has 29 heavy (non-hydrogen) atoms. The van der Waals surface area contributed by atoms with Crippen molar-refractivity contribution >= 4 is 11.8 Å². The maximum atomic E-state index is 12.0. The van der Waals surface area contributed by atoms with Gasteiger partial charge in [0.05, 0.1) is 0 Å². The number of ketones is 1. The number of esters is 1. The Bertz CT molecular complexity index is 703. The Labute approximate surface area is 177 Å². The zero-order valence-corrected chi connectivity index (χ0v) is 19.1. The molecule has 1 heterocycles. The number of hydrogen-bond acceptors (Lipinski definition) is 3. The van der Waals surface area contributed by atoms with Gasteiger partial charge in [0.25, 0.3) is 0 Å². The molecular formula is C26H38O3. The van der Waals surface area contributed by atoms with E-state index in [9.17, 15) is 9.59 Å². The molecule has 4 atom stereocenters. The smallest absolute Gasteiger partial charge is 0.331 e. The van der Waals surface area contributed by atoms with Crippen LogP contribution in [0.4, 0.5) is 0 Å². The Morgan fingerprint density at radius 3 is 2.48 bits per heavy atom. The summed E-state index contributed by atoms with van der Waals surface area (Å²) in [6, 6.07) is 0. The van der Waals surface area contributed by atoms with E-state index < -0.39 is 0 Å². The highest BCUT2D eigenvalue weighted by Crippen LogP contribution is 2.19. The lowest BCUT2D eigenvalue weighted by Gasteiger charge is -2.21. The minimum Gasteiger partial charge on any atom is -0.454 e. The Kier molecular flexibility index (Phi) is 10.6. The number of cyclic esters (lactones) is 1. The van der Waals surface area contributed by atoms with Gasteiger partial charge in [-0.3, -0.25) is 4.79 Å². The van der Waals surface area contributed by atoms with Crippen LogP contribution < -0.4 is 0 Å². The Morgan fingerprint density at radius 1 is 1.17 bits per heavy atom. The van der Waals surface area contributed by atoms with Crippen LogP contribution in [0.3, 0.4) is 0 Å². The summed E-state index contributed by atoms with van der Waals surface area (Å²) in [6.07, 6.45) is 17.7. The molecule has 160 valence electrons. The zero-order chi connectivity index (χ0) is 22.0. The van der Waals surface area contributed by atoms with Crippen molar-refractivity contribution in [2.75, 3.05) is 0 Å². The van der Waals surface area contributed by atoms with E-state index in [4.69, 9.17) is 4.74 Å². The van der Waals surface area contributed by atoms with Gasteiger partial charge in [0.1, 0.15) is 11.9 Å². The van der Waals surface area contributed by atoms with Crippen LogP contribution in [0.1, 0.15) is 61.3 Å². The molecule has 0 saturated heterocycles. The van der Waals surface area contributed by atoms with Crippen LogP contribution in [-0.2, 0) is 14.3 Å². The topological polar surface area (TPSA) is 43.4 Å². The van der Waals surface area contributed by atoms with Gasteiger partial charge in [0, 0.05) is 23.8 Å². The molecule has 0 unspecified atom stereocenters. The van der Waals surface area contributed by atoms with E-state index in [0.29, 0.717) is 5.92 Å². The van der Waals surface area contributed by atoms with Crippen LogP contribution in [0.5, 0.6) is 0 Å². The monoisotopic (exact) mass is 398 g/mol. The van der Waals surface area contributed by atoms with Gasteiger partial charge >= 0.3 is 5.97 Å². The average molecular weight is 399 g/mol. The van der Waals surface area contributed by atoms with E-state index in [1.807, 2.05) is 52.8 Å². The third kappa shape index (κ3) is 9.25. The summed E-state index contributed by atoms with van der Waals surface area (Å²) < 4.78 is 5.37. The average Bonchev–Trinajstić information content (AvgIpc) is 2.66. The van der Waals surface area contributed by atoms with Gasteiger partial charge in [0.15, 0.2) is 0 Å².